The Bertz CT molecular complexity index is 291. The molecular weight excluding hydrogens is 230 g/mol. The summed E-state index contributed by atoms with van der Waals surface area (Å²) in [5.74, 6) is 0.234. The summed E-state index contributed by atoms with van der Waals surface area (Å²) in [5.41, 5.74) is 0. The summed E-state index contributed by atoms with van der Waals surface area (Å²) >= 11 is 1.91. The number of hydrogen-bond acceptors (Lipinski definition) is 4. The van der Waals surface area contributed by atoms with Gasteiger partial charge in [-0.25, -0.2) is 8.42 Å². The van der Waals surface area contributed by atoms with Crippen molar-refractivity contribution in [3.8, 4) is 0 Å². The fraction of sp³-hybridized carbons (Fsp3) is 1.00. The fourth-order valence-electron chi connectivity index (χ4n) is 1.90. The molecule has 1 unspecified atom stereocenters. The van der Waals surface area contributed by atoms with Gasteiger partial charge in [-0.2, -0.15) is 11.8 Å². The van der Waals surface area contributed by atoms with Crippen LogP contribution in [0.2, 0.25) is 0 Å². The monoisotopic (exact) mass is 251 g/mol. The minimum absolute atomic E-state index is 0.0598. The van der Waals surface area contributed by atoms with E-state index in [1.54, 1.807) is 0 Å². The average Bonchev–Trinajstić information content (AvgIpc) is 1.99. The highest BCUT2D eigenvalue weighted by Gasteiger charge is 2.35. The van der Waals surface area contributed by atoms with Gasteiger partial charge in [0.1, 0.15) is 9.84 Å². The molecule has 1 aliphatic rings. The highest BCUT2D eigenvalue weighted by Crippen LogP contribution is 2.42. The smallest absolute Gasteiger partial charge is 0.148 e. The number of hydrogen-bond donors (Lipinski definition) is 1. The molecule has 0 bridgehead atoms. The zero-order valence-electron chi connectivity index (χ0n) is 9.75. The molecule has 1 atom stereocenters. The maximum absolute atomic E-state index is 11.1. The zero-order chi connectivity index (χ0) is 11.5. The highest BCUT2D eigenvalue weighted by molar-refractivity contribution is 8.00. The van der Waals surface area contributed by atoms with Gasteiger partial charge in [0.15, 0.2) is 0 Å². The van der Waals surface area contributed by atoms with Crippen LogP contribution in [-0.2, 0) is 9.84 Å². The van der Waals surface area contributed by atoms with Gasteiger partial charge in [-0.15, -0.1) is 0 Å². The van der Waals surface area contributed by atoms with E-state index in [4.69, 9.17) is 0 Å². The van der Waals surface area contributed by atoms with E-state index in [0.717, 1.165) is 6.54 Å². The van der Waals surface area contributed by atoms with E-state index in [9.17, 15) is 8.42 Å². The first kappa shape index (κ1) is 13.3. The SMILES string of the molecule is CSC1(CNC(C)CS(C)(=O)=O)CCC1. The summed E-state index contributed by atoms with van der Waals surface area (Å²) in [6.07, 6.45) is 7.25. The molecule has 0 amide bonds. The van der Waals surface area contributed by atoms with Crippen molar-refractivity contribution in [2.24, 2.45) is 0 Å². The van der Waals surface area contributed by atoms with Crippen molar-refractivity contribution >= 4 is 21.6 Å². The molecule has 1 fully saturated rings. The van der Waals surface area contributed by atoms with E-state index in [1.807, 2.05) is 18.7 Å². The summed E-state index contributed by atoms with van der Waals surface area (Å²) < 4.78 is 22.5. The van der Waals surface area contributed by atoms with Crippen molar-refractivity contribution in [1.82, 2.24) is 5.32 Å². The normalized spacial score (nSPS) is 22.1. The third-order valence-electron chi connectivity index (χ3n) is 3.02. The molecule has 15 heavy (non-hydrogen) atoms. The number of rotatable bonds is 6. The quantitative estimate of drug-likeness (QED) is 0.773. The van der Waals surface area contributed by atoms with Gasteiger partial charge in [0.25, 0.3) is 0 Å². The van der Waals surface area contributed by atoms with E-state index in [1.165, 1.54) is 25.5 Å². The lowest BCUT2D eigenvalue weighted by atomic mass is 9.84. The van der Waals surface area contributed by atoms with Crippen LogP contribution in [0.4, 0.5) is 0 Å². The lowest BCUT2D eigenvalue weighted by molar-refractivity contribution is 0.337. The molecule has 0 aromatic heterocycles. The van der Waals surface area contributed by atoms with Gasteiger partial charge >= 0.3 is 0 Å². The molecule has 90 valence electrons. The van der Waals surface area contributed by atoms with Gasteiger partial charge < -0.3 is 5.32 Å². The highest BCUT2D eigenvalue weighted by atomic mass is 32.2. The molecule has 0 saturated heterocycles. The van der Waals surface area contributed by atoms with Crippen molar-refractivity contribution < 1.29 is 8.42 Å². The second-order valence-electron chi connectivity index (χ2n) is 4.62. The molecule has 0 radical (unpaired) electrons. The summed E-state index contributed by atoms with van der Waals surface area (Å²) in [7, 11) is -2.86. The first-order valence-corrected chi connectivity index (χ1v) is 8.62. The first-order valence-electron chi connectivity index (χ1n) is 5.33. The van der Waals surface area contributed by atoms with E-state index >= 15 is 0 Å². The molecule has 1 N–H and O–H groups in total. The number of thioether (sulfide) groups is 1. The maximum atomic E-state index is 11.1. The lowest BCUT2D eigenvalue weighted by Gasteiger charge is -2.41. The Labute approximate surface area is 97.3 Å². The Hall–Kier alpha value is 0.260. The van der Waals surface area contributed by atoms with E-state index in [-0.39, 0.29) is 11.8 Å². The average molecular weight is 251 g/mol. The second-order valence-corrected chi connectivity index (χ2v) is 8.07. The first-order chi connectivity index (χ1) is 6.87. The summed E-state index contributed by atoms with van der Waals surface area (Å²) in [6, 6.07) is 0.0598. The van der Waals surface area contributed by atoms with E-state index < -0.39 is 9.84 Å². The summed E-state index contributed by atoms with van der Waals surface area (Å²) in [5, 5.41) is 3.33. The third kappa shape index (κ3) is 4.33. The third-order valence-corrected chi connectivity index (χ3v) is 5.55. The molecule has 3 nitrogen and oxygen atoms in total. The Morgan fingerprint density at radius 2 is 2.07 bits per heavy atom. The molecule has 5 heteroatoms. The zero-order valence-corrected chi connectivity index (χ0v) is 11.4. The minimum Gasteiger partial charge on any atom is -0.312 e. The number of sulfone groups is 1. The molecule has 1 rings (SSSR count). The van der Waals surface area contributed by atoms with Gasteiger partial charge in [-0.05, 0) is 26.0 Å². The Morgan fingerprint density at radius 3 is 2.40 bits per heavy atom. The van der Waals surface area contributed by atoms with Crippen LogP contribution in [0.1, 0.15) is 26.2 Å². The van der Waals surface area contributed by atoms with Crippen molar-refractivity contribution in [3.63, 3.8) is 0 Å². The standard InChI is InChI=1S/C10H21NO2S2/c1-9(7-15(3,12)13)11-8-10(14-2)5-4-6-10/h9,11H,4-8H2,1-3H3. The molecule has 0 aromatic rings. The van der Waals surface area contributed by atoms with Crippen molar-refractivity contribution in [3.05, 3.63) is 0 Å². The van der Waals surface area contributed by atoms with Crippen LogP contribution in [-0.4, -0.2) is 44.0 Å². The van der Waals surface area contributed by atoms with Crippen LogP contribution in [0.15, 0.2) is 0 Å². The molecule has 0 spiro atoms. The van der Waals surface area contributed by atoms with E-state index in [2.05, 4.69) is 11.6 Å². The molecular formula is C10H21NO2S2. The van der Waals surface area contributed by atoms with Crippen molar-refractivity contribution in [2.45, 2.75) is 37.0 Å². The molecule has 1 saturated carbocycles. The minimum atomic E-state index is -2.86. The summed E-state index contributed by atoms with van der Waals surface area (Å²) in [6.45, 7) is 2.87. The Kier molecular flexibility index (Phi) is 4.50. The van der Waals surface area contributed by atoms with Crippen LogP contribution >= 0.6 is 11.8 Å². The van der Waals surface area contributed by atoms with Crippen LogP contribution in [0.25, 0.3) is 0 Å². The van der Waals surface area contributed by atoms with E-state index in [0.29, 0.717) is 4.75 Å². The lowest BCUT2D eigenvalue weighted by Crippen LogP contribution is -2.47. The summed E-state index contributed by atoms with van der Waals surface area (Å²) in [4.78, 5) is 0. The molecule has 0 aromatic carbocycles. The topological polar surface area (TPSA) is 46.2 Å². The van der Waals surface area contributed by atoms with Crippen molar-refractivity contribution in [2.75, 3.05) is 24.8 Å². The van der Waals surface area contributed by atoms with Gasteiger partial charge in [-0.3, -0.25) is 0 Å². The predicted molar refractivity (Wildman–Crippen MR) is 67.3 cm³/mol. The molecule has 0 aliphatic heterocycles. The molecule has 1 aliphatic carbocycles. The van der Waals surface area contributed by atoms with Crippen LogP contribution in [0, 0.1) is 0 Å². The molecule has 0 heterocycles. The van der Waals surface area contributed by atoms with Crippen LogP contribution < -0.4 is 5.32 Å². The van der Waals surface area contributed by atoms with Gasteiger partial charge in [0.05, 0.1) is 5.75 Å². The van der Waals surface area contributed by atoms with Crippen LogP contribution in [0.5, 0.6) is 0 Å². The maximum Gasteiger partial charge on any atom is 0.148 e. The van der Waals surface area contributed by atoms with Crippen LogP contribution in [0.3, 0.4) is 0 Å². The predicted octanol–water partition coefficient (Wildman–Crippen LogP) is 1.29. The largest absolute Gasteiger partial charge is 0.312 e. The van der Waals surface area contributed by atoms with Gasteiger partial charge in [0.2, 0.25) is 0 Å². The van der Waals surface area contributed by atoms with Gasteiger partial charge in [-0.1, -0.05) is 6.42 Å². The second kappa shape index (κ2) is 5.06. The fourth-order valence-corrected chi connectivity index (χ4v) is 3.85. The van der Waals surface area contributed by atoms with Crippen molar-refractivity contribution in [1.29, 1.82) is 0 Å². The van der Waals surface area contributed by atoms with Gasteiger partial charge in [0, 0.05) is 23.6 Å². The number of nitrogens with one attached hydrogen (secondary N) is 1. The Balaban J connectivity index is 2.30. The Morgan fingerprint density at radius 1 is 1.47 bits per heavy atom.